The van der Waals surface area contributed by atoms with Crippen LogP contribution in [0.25, 0.3) is 79.7 Å². The third kappa shape index (κ3) is 5.98. The monoisotopic (exact) mass is 654 g/mol. The Morgan fingerprint density at radius 2 is 0.863 bits per heavy atom. The molecule has 5 heteroatoms. The molecule has 6 aromatic carbocycles. The number of fused-ring (bicyclic) bond motifs is 6. The van der Waals surface area contributed by atoms with Crippen molar-refractivity contribution < 1.29 is 4.74 Å². The maximum absolute atomic E-state index is 6.76. The highest BCUT2D eigenvalue weighted by atomic mass is 16.5. The standard InChI is InChI=1S/C46H30N4O/c1-3-14-33(15-4-1)45-47-29-36(30-48-45)42-28-41(49-46(50-42)34-16-5-2-6-17-34)35-26-25-32-24-23-31-13-7-8-18-37(31)38-19-9-11-21-43(38)51-44-22-12-10-20-39(44)40(32)27-35/h1-30H/b24-23-. The summed E-state index contributed by atoms with van der Waals surface area (Å²) in [6.07, 6.45) is 8.05. The van der Waals surface area contributed by atoms with Gasteiger partial charge in [-0.2, -0.15) is 0 Å². The summed E-state index contributed by atoms with van der Waals surface area (Å²) in [6.45, 7) is 0. The zero-order valence-corrected chi connectivity index (χ0v) is 27.5. The van der Waals surface area contributed by atoms with Gasteiger partial charge in [0.2, 0.25) is 0 Å². The maximum atomic E-state index is 6.76. The molecule has 0 aliphatic carbocycles. The molecule has 0 radical (unpaired) electrons. The van der Waals surface area contributed by atoms with Gasteiger partial charge in [-0.1, -0.05) is 146 Å². The molecule has 0 saturated heterocycles. The fraction of sp³-hybridized carbons (Fsp3) is 0. The van der Waals surface area contributed by atoms with E-state index < -0.39 is 0 Å². The van der Waals surface area contributed by atoms with Crippen LogP contribution in [0.5, 0.6) is 11.5 Å². The van der Waals surface area contributed by atoms with E-state index in [0.717, 1.165) is 78.5 Å². The second-order valence-electron chi connectivity index (χ2n) is 12.3. The van der Waals surface area contributed by atoms with Crippen molar-refractivity contribution in [2.24, 2.45) is 0 Å². The summed E-state index contributed by atoms with van der Waals surface area (Å²) in [6, 6.07) is 53.4. The zero-order valence-electron chi connectivity index (χ0n) is 27.5. The largest absolute Gasteiger partial charge is 0.456 e. The van der Waals surface area contributed by atoms with E-state index in [0.29, 0.717) is 11.6 Å². The number of nitrogens with zero attached hydrogens (tertiary/aromatic N) is 4. The number of rotatable bonds is 4. The Kier molecular flexibility index (Phi) is 7.76. The average Bonchev–Trinajstić information content (AvgIpc) is 3.23. The Labute approximate surface area is 296 Å². The summed E-state index contributed by atoms with van der Waals surface area (Å²) in [5.41, 5.74) is 11.6. The summed E-state index contributed by atoms with van der Waals surface area (Å²) in [7, 11) is 0. The SMILES string of the molecule is C1=C\c2ccc(-c3cc(-c4cnc(-c5ccccc5)nc4)nc(-c4ccccc4)n3)cc2-c2ccccc2Oc2ccccc2-c2ccccc2/1. The van der Waals surface area contributed by atoms with E-state index in [1.807, 2.05) is 103 Å². The van der Waals surface area contributed by atoms with Gasteiger partial charge in [0.15, 0.2) is 11.6 Å². The number of benzene rings is 6. The minimum absolute atomic E-state index is 0.628. The minimum Gasteiger partial charge on any atom is -0.456 e. The molecular formula is C46H30N4O. The molecule has 0 spiro atoms. The highest BCUT2D eigenvalue weighted by molar-refractivity contribution is 5.90. The lowest BCUT2D eigenvalue weighted by molar-refractivity contribution is 0.486. The third-order valence-electron chi connectivity index (χ3n) is 9.06. The van der Waals surface area contributed by atoms with Gasteiger partial charge in [0.25, 0.3) is 0 Å². The van der Waals surface area contributed by atoms with Gasteiger partial charge in [0.1, 0.15) is 11.5 Å². The molecule has 0 bridgehead atoms. The van der Waals surface area contributed by atoms with Crippen LogP contribution in [0, 0.1) is 0 Å². The fourth-order valence-corrected chi connectivity index (χ4v) is 6.49. The molecule has 3 heterocycles. The molecule has 5 nitrogen and oxygen atoms in total. The van der Waals surface area contributed by atoms with Crippen molar-refractivity contribution in [2.45, 2.75) is 0 Å². The normalized spacial score (nSPS) is 12.2. The van der Waals surface area contributed by atoms with Gasteiger partial charge in [-0.25, -0.2) is 19.9 Å². The predicted octanol–water partition coefficient (Wildman–Crippen LogP) is 11.5. The van der Waals surface area contributed by atoms with Crippen molar-refractivity contribution in [2.75, 3.05) is 0 Å². The van der Waals surface area contributed by atoms with Gasteiger partial charge < -0.3 is 4.74 Å². The molecule has 0 saturated carbocycles. The summed E-state index contributed by atoms with van der Waals surface area (Å²) < 4.78 is 6.76. The quantitative estimate of drug-likeness (QED) is 0.189. The summed E-state index contributed by atoms with van der Waals surface area (Å²) in [5, 5.41) is 0. The van der Waals surface area contributed by atoms with Crippen LogP contribution in [0.15, 0.2) is 170 Å². The van der Waals surface area contributed by atoms with Crippen LogP contribution in [0.2, 0.25) is 0 Å². The fourth-order valence-electron chi connectivity index (χ4n) is 6.49. The highest BCUT2D eigenvalue weighted by Crippen LogP contribution is 2.42. The third-order valence-corrected chi connectivity index (χ3v) is 9.06. The molecule has 9 rings (SSSR count). The van der Waals surface area contributed by atoms with E-state index in [1.54, 1.807) is 0 Å². The molecule has 0 N–H and O–H groups in total. The molecule has 2 aromatic heterocycles. The minimum atomic E-state index is 0.628. The average molecular weight is 655 g/mol. The summed E-state index contributed by atoms with van der Waals surface area (Å²) in [4.78, 5) is 19.5. The van der Waals surface area contributed by atoms with E-state index >= 15 is 0 Å². The van der Waals surface area contributed by atoms with Gasteiger partial charge in [-0.05, 0) is 46.5 Å². The van der Waals surface area contributed by atoms with Crippen LogP contribution in [-0.2, 0) is 0 Å². The molecule has 1 aliphatic rings. The van der Waals surface area contributed by atoms with Crippen molar-refractivity contribution in [3.63, 3.8) is 0 Å². The lowest BCUT2D eigenvalue weighted by Crippen LogP contribution is -1.98. The van der Waals surface area contributed by atoms with E-state index in [9.17, 15) is 0 Å². The molecule has 0 amide bonds. The Morgan fingerprint density at radius 1 is 0.353 bits per heavy atom. The van der Waals surface area contributed by atoms with Crippen LogP contribution in [0.3, 0.4) is 0 Å². The van der Waals surface area contributed by atoms with Gasteiger partial charge in [-0.3, -0.25) is 0 Å². The van der Waals surface area contributed by atoms with Crippen LogP contribution in [0.1, 0.15) is 11.1 Å². The molecule has 240 valence electrons. The summed E-state index contributed by atoms with van der Waals surface area (Å²) in [5.74, 6) is 2.88. The number of ether oxygens (including phenoxy) is 1. The first-order valence-electron chi connectivity index (χ1n) is 16.9. The van der Waals surface area contributed by atoms with Crippen LogP contribution in [-0.4, -0.2) is 19.9 Å². The van der Waals surface area contributed by atoms with E-state index in [1.165, 1.54) is 0 Å². The number of aromatic nitrogens is 4. The van der Waals surface area contributed by atoms with Gasteiger partial charge >= 0.3 is 0 Å². The smallest absolute Gasteiger partial charge is 0.160 e. The Bertz CT molecular complexity index is 2550. The first-order chi connectivity index (χ1) is 25.3. The molecule has 8 aromatic rings. The van der Waals surface area contributed by atoms with Crippen molar-refractivity contribution in [1.29, 1.82) is 0 Å². The first-order valence-corrected chi connectivity index (χ1v) is 16.9. The van der Waals surface area contributed by atoms with Crippen molar-refractivity contribution in [1.82, 2.24) is 19.9 Å². The Morgan fingerprint density at radius 3 is 1.53 bits per heavy atom. The maximum Gasteiger partial charge on any atom is 0.160 e. The number of para-hydroxylation sites is 2. The molecule has 0 atom stereocenters. The number of hydrogen-bond acceptors (Lipinski definition) is 5. The van der Waals surface area contributed by atoms with Crippen LogP contribution in [0.4, 0.5) is 0 Å². The Hall–Kier alpha value is -6.98. The van der Waals surface area contributed by atoms with Crippen LogP contribution < -0.4 is 4.74 Å². The van der Waals surface area contributed by atoms with Gasteiger partial charge in [0.05, 0.1) is 11.4 Å². The molecule has 1 aliphatic heterocycles. The topological polar surface area (TPSA) is 60.8 Å². The first kappa shape index (κ1) is 30.1. The van der Waals surface area contributed by atoms with Gasteiger partial charge in [0, 0.05) is 45.8 Å². The molecule has 51 heavy (non-hydrogen) atoms. The lowest BCUT2D eigenvalue weighted by Gasteiger charge is -2.16. The molecular weight excluding hydrogens is 625 g/mol. The second-order valence-corrected chi connectivity index (χ2v) is 12.3. The summed E-state index contributed by atoms with van der Waals surface area (Å²) >= 11 is 0. The number of hydrogen-bond donors (Lipinski definition) is 0. The zero-order chi connectivity index (χ0) is 34.0. The van der Waals surface area contributed by atoms with Crippen molar-refractivity contribution >= 4 is 12.2 Å². The van der Waals surface area contributed by atoms with E-state index in [-0.39, 0.29) is 0 Å². The Balaban J connectivity index is 1.21. The van der Waals surface area contributed by atoms with E-state index in [2.05, 4.69) is 78.9 Å². The molecule has 0 fully saturated rings. The molecule has 0 unspecified atom stereocenters. The van der Waals surface area contributed by atoms with E-state index in [4.69, 9.17) is 24.7 Å². The van der Waals surface area contributed by atoms with Crippen molar-refractivity contribution in [3.8, 4) is 79.0 Å². The lowest BCUT2D eigenvalue weighted by atomic mass is 9.94. The van der Waals surface area contributed by atoms with Crippen molar-refractivity contribution in [3.05, 3.63) is 181 Å². The second kappa shape index (κ2) is 13.1. The predicted molar refractivity (Wildman–Crippen MR) is 206 cm³/mol. The van der Waals surface area contributed by atoms with Crippen LogP contribution >= 0.6 is 0 Å². The van der Waals surface area contributed by atoms with Gasteiger partial charge in [-0.15, -0.1) is 0 Å². The highest BCUT2D eigenvalue weighted by Gasteiger charge is 2.18.